The number of hydrogen-bond donors (Lipinski definition) is 0. The molecule has 4 atom stereocenters. The zero-order valence-corrected chi connectivity index (χ0v) is 15.9. The van der Waals surface area contributed by atoms with Gasteiger partial charge in [0, 0.05) is 5.02 Å². The Morgan fingerprint density at radius 1 is 1.11 bits per heavy atom. The van der Waals surface area contributed by atoms with Crippen LogP contribution in [-0.4, -0.2) is 33.8 Å². The Labute approximate surface area is 162 Å². The highest BCUT2D eigenvalue weighted by Gasteiger charge is 2.63. The molecule has 6 nitrogen and oxygen atoms in total. The number of aromatic nitrogens is 2. The van der Waals surface area contributed by atoms with E-state index in [4.69, 9.17) is 16.3 Å². The van der Waals surface area contributed by atoms with Crippen LogP contribution in [0.2, 0.25) is 5.02 Å². The molecule has 0 aliphatic carbocycles. The summed E-state index contributed by atoms with van der Waals surface area (Å²) in [6.07, 6.45) is 1.51. The third-order valence-electron chi connectivity index (χ3n) is 6.13. The average molecular weight is 386 g/mol. The van der Waals surface area contributed by atoms with Gasteiger partial charge in [-0.15, -0.1) is 0 Å². The number of hydrogen-bond acceptors (Lipinski definition) is 4. The van der Waals surface area contributed by atoms with Gasteiger partial charge < -0.3 is 4.74 Å². The van der Waals surface area contributed by atoms with E-state index in [-0.39, 0.29) is 35.9 Å². The van der Waals surface area contributed by atoms with Gasteiger partial charge in [0.25, 0.3) is 0 Å². The molecule has 2 aromatic rings. The Bertz CT molecular complexity index is 941. The largest absolute Gasteiger partial charge is 0.373 e. The van der Waals surface area contributed by atoms with E-state index >= 15 is 0 Å². The number of halogens is 1. The first kappa shape index (κ1) is 17.0. The lowest BCUT2D eigenvalue weighted by Gasteiger charge is -2.18. The summed E-state index contributed by atoms with van der Waals surface area (Å²) in [6, 6.07) is 7.60. The average Bonchev–Trinajstić information content (AvgIpc) is 3.37. The molecule has 2 bridgehead atoms. The van der Waals surface area contributed by atoms with Crippen molar-refractivity contribution in [1.82, 2.24) is 9.78 Å². The van der Waals surface area contributed by atoms with Crippen molar-refractivity contribution >= 4 is 29.1 Å². The number of imide groups is 1. The normalized spacial score (nSPS) is 29.1. The van der Waals surface area contributed by atoms with Gasteiger partial charge in [-0.05, 0) is 38.3 Å². The Morgan fingerprint density at radius 2 is 1.74 bits per heavy atom. The number of ether oxygens (including phenoxy) is 1. The number of fused-ring (bicyclic) bond motifs is 5. The van der Waals surface area contributed by atoms with E-state index in [1.807, 2.05) is 42.8 Å². The monoisotopic (exact) mass is 385 g/mol. The quantitative estimate of drug-likeness (QED) is 0.762. The van der Waals surface area contributed by atoms with Crippen LogP contribution >= 0.6 is 11.6 Å². The second kappa shape index (κ2) is 5.91. The number of carbonyl (C=O) groups excluding carboxylic acids is 2. The van der Waals surface area contributed by atoms with Crippen LogP contribution in [0.3, 0.4) is 0 Å². The summed E-state index contributed by atoms with van der Waals surface area (Å²) in [5.74, 6) is -0.940. The predicted octanol–water partition coefficient (Wildman–Crippen LogP) is 2.87. The molecule has 3 fully saturated rings. The van der Waals surface area contributed by atoms with Gasteiger partial charge in [-0.1, -0.05) is 29.8 Å². The molecule has 0 N–H and O–H groups in total. The standard InChI is InChI=1S/C20H20ClN3O3/c1-10-18(11(2)23(22-10)9-12-5-3-4-6-13(12)21)24-19(25)16-14-7-8-15(27-14)17(16)20(24)26/h3-6,14-17H,7-9H2,1-2H3/t14-,15-,16-,17-/m0/s1. The Balaban J connectivity index is 1.51. The summed E-state index contributed by atoms with van der Waals surface area (Å²) < 4.78 is 7.63. The molecular weight excluding hydrogens is 366 g/mol. The van der Waals surface area contributed by atoms with Gasteiger partial charge in [-0.2, -0.15) is 5.10 Å². The number of carbonyl (C=O) groups is 2. The van der Waals surface area contributed by atoms with Crippen LogP contribution in [0.4, 0.5) is 5.69 Å². The van der Waals surface area contributed by atoms with Crippen molar-refractivity contribution in [3.8, 4) is 0 Å². The summed E-state index contributed by atoms with van der Waals surface area (Å²) in [7, 11) is 0. The SMILES string of the molecule is Cc1nn(Cc2ccccc2Cl)c(C)c1N1C(=O)[C@@H]2[C@@H](C1=O)[C@@H]1CC[C@@H]2O1. The van der Waals surface area contributed by atoms with Gasteiger partial charge in [0.1, 0.15) is 0 Å². The number of rotatable bonds is 3. The van der Waals surface area contributed by atoms with Crippen LogP contribution in [0.15, 0.2) is 24.3 Å². The molecule has 4 heterocycles. The summed E-state index contributed by atoms with van der Waals surface area (Å²) in [5, 5.41) is 5.26. The second-order valence-corrected chi connectivity index (χ2v) is 8.03. The zero-order chi connectivity index (χ0) is 18.9. The highest BCUT2D eigenvalue weighted by atomic mass is 35.5. The highest BCUT2D eigenvalue weighted by Crippen LogP contribution is 2.50. The topological polar surface area (TPSA) is 64.4 Å². The molecule has 1 aromatic carbocycles. The Hall–Kier alpha value is -2.18. The summed E-state index contributed by atoms with van der Waals surface area (Å²) in [6.45, 7) is 4.22. The fourth-order valence-corrected chi connectivity index (χ4v) is 5.08. The zero-order valence-electron chi connectivity index (χ0n) is 15.2. The van der Waals surface area contributed by atoms with E-state index < -0.39 is 0 Å². The molecule has 0 radical (unpaired) electrons. The minimum absolute atomic E-state index is 0.111. The van der Waals surface area contributed by atoms with Crippen molar-refractivity contribution < 1.29 is 14.3 Å². The predicted molar refractivity (Wildman–Crippen MR) is 99.6 cm³/mol. The lowest BCUT2D eigenvalue weighted by atomic mass is 9.81. The van der Waals surface area contributed by atoms with E-state index in [0.29, 0.717) is 22.9 Å². The van der Waals surface area contributed by atoms with Crippen molar-refractivity contribution in [2.24, 2.45) is 11.8 Å². The van der Waals surface area contributed by atoms with Gasteiger partial charge in [-0.3, -0.25) is 14.3 Å². The van der Waals surface area contributed by atoms with Crippen LogP contribution in [0.5, 0.6) is 0 Å². The second-order valence-electron chi connectivity index (χ2n) is 7.62. The summed E-state index contributed by atoms with van der Waals surface area (Å²) in [5.41, 5.74) is 3.03. The van der Waals surface area contributed by atoms with Gasteiger partial charge in [0.2, 0.25) is 11.8 Å². The lowest BCUT2D eigenvalue weighted by Crippen LogP contribution is -2.35. The van der Waals surface area contributed by atoms with Gasteiger partial charge >= 0.3 is 0 Å². The van der Waals surface area contributed by atoms with Crippen LogP contribution in [-0.2, 0) is 20.9 Å². The number of nitrogens with zero attached hydrogens (tertiary/aromatic N) is 3. The van der Waals surface area contributed by atoms with Crippen LogP contribution in [0, 0.1) is 25.7 Å². The van der Waals surface area contributed by atoms with Gasteiger partial charge in [-0.25, -0.2) is 4.90 Å². The molecule has 0 saturated carbocycles. The third kappa shape index (κ3) is 2.33. The highest BCUT2D eigenvalue weighted by molar-refractivity contribution is 6.31. The van der Waals surface area contributed by atoms with E-state index in [0.717, 1.165) is 24.1 Å². The maximum atomic E-state index is 13.1. The van der Waals surface area contributed by atoms with Crippen molar-refractivity contribution in [3.05, 3.63) is 46.2 Å². The van der Waals surface area contributed by atoms with E-state index in [1.165, 1.54) is 4.90 Å². The lowest BCUT2D eigenvalue weighted by molar-refractivity contribution is -0.124. The maximum absolute atomic E-state index is 13.1. The molecule has 2 amide bonds. The molecule has 1 aromatic heterocycles. The molecule has 140 valence electrons. The van der Waals surface area contributed by atoms with Crippen molar-refractivity contribution in [2.75, 3.05) is 4.90 Å². The molecule has 7 heteroatoms. The summed E-state index contributed by atoms with van der Waals surface area (Å²) in [4.78, 5) is 27.5. The fourth-order valence-electron chi connectivity index (χ4n) is 4.89. The minimum atomic E-state index is -0.332. The van der Waals surface area contributed by atoms with Crippen LogP contribution in [0.1, 0.15) is 29.8 Å². The van der Waals surface area contributed by atoms with Crippen LogP contribution in [0.25, 0.3) is 0 Å². The van der Waals surface area contributed by atoms with E-state index in [9.17, 15) is 9.59 Å². The molecule has 0 unspecified atom stereocenters. The molecular formula is C20H20ClN3O3. The van der Waals surface area contributed by atoms with Gasteiger partial charge in [0.15, 0.2) is 0 Å². The molecule has 5 rings (SSSR count). The first-order valence-electron chi connectivity index (χ1n) is 9.28. The molecule has 3 saturated heterocycles. The van der Waals surface area contributed by atoms with Crippen molar-refractivity contribution in [3.63, 3.8) is 0 Å². The molecule has 3 aliphatic heterocycles. The third-order valence-corrected chi connectivity index (χ3v) is 6.50. The first-order valence-corrected chi connectivity index (χ1v) is 9.66. The fraction of sp³-hybridized carbons (Fsp3) is 0.450. The van der Waals surface area contributed by atoms with Gasteiger partial charge in [0.05, 0.1) is 47.7 Å². The van der Waals surface area contributed by atoms with E-state index in [2.05, 4.69) is 5.10 Å². The van der Waals surface area contributed by atoms with E-state index in [1.54, 1.807) is 0 Å². The van der Waals surface area contributed by atoms with Crippen molar-refractivity contribution in [2.45, 2.75) is 45.4 Å². The minimum Gasteiger partial charge on any atom is -0.373 e. The van der Waals surface area contributed by atoms with Crippen LogP contribution < -0.4 is 4.90 Å². The molecule has 0 spiro atoms. The molecule has 3 aliphatic rings. The number of aryl methyl sites for hydroxylation is 1. The van der Waals surface area contributed by atoms with Crippen molar-refractivity contribution in [1.29, 1.82) is 0 Å². The molecule has 27 heavy (non-hydrogen) atoms. The first-order chi connectivity index (χ1) is 13.0. The Morgan fingerprint density at radius 3 is 2.37 bits per heavy atom. The number of benzene rings is 1. The Kier molecular flexibility index (Phi) is 3.71. The maximum Gasteiger partial charge on any atom is 0.240 e. The number of amides is 2. The smallest absolute Gasteiger partial charge is 0.240 e. The number of anilines is 1. The summed E-state index contributed by atoms with van der Waals surface area (Å²) >= 11 is 6.28.